The lowest BCUT2D eigenvalue weighted by Gasteiger charge is -2.20. The number of hydrogen-bond acceptors (Lipinski definition) is 3. The first-order valence-electron chi connectivity index (χ1n) is 8.01. The van der Waals surface area contributed by atoms with E-state index in [1.54, 1.807) is 0 Å². The van der Waals surface area contributed by atoms with Gasteiger partial charge >= 0.3 is 6.09 Å². The van der Waals surface area contributed by atoms with Crippen LogP contribution < -0.4 is 11.1 Å². The summed E-state index contributed by atoms with van der Waals surface area (Å²) in [7, 11) is 0. The van der Waals surface area contributed by atoms with Crippen molar-refractivity contribution in [1.82, 2.24) is 5.32 Å². The minimum Gasteiger partial charge on any atom is -0.444 e. The largest absolute Gasteiger partial charge is 0.444 e. The van der Waals surface area contributed by atoms with Crippen LogP contribution in [0.5, 0.6) is 0 Å². The maximum absolute atomic E-state index is 11.6. The molecule has 1 amide bonds. The van der Waals surface area contributed by atoms with Gasteiger partial charge in [0, 0.05) is 12.5 Å². The molecule has 0 bridgehead atoms. The average Bonchev–Trinajstić information content (AvgIpc) is 2.88. The summed E-state index contributed by atoms with van der Waals surface area (Å²) in [6, 6.07) is 20.2. The second kappa shape index (κ2) is 7.29. The average molecular weight is 310 g/mol. The molecule has 0 aliphatic carbocycles. The summed E-state index contributed by atoms with van der Waals surface area (Å²) in [6.45, 7) is 0. The van der Waals surface area contributed by atoms with Gasteiger partial charge in [0.25, 0.3) is 0 Å². The zero-order valence-electron chi connectivity index (χ0n) is 13.0. The highest BCUT2D eigenvalue weighted by atomic mass is 16.6. The van der Waals surface area contributed by atoms with Crippen molar-refractivity contribution in [3.63, 3.8) is 0 Å². The smallest absolute Gasteiger partial charge is 0.407 e. The molecule has 0 radical (unpaired) electrons. The Kier molecular flexibility index (Phi) is 4.93. The predicted octanol–water partition coefficient (Wildman–Crippen LogP) is 2.67. The van der Waals surface area contributed by atoms with Crippen LogP contribution in [0.4, 0.5) is 4.79 Å². The van der Waals surface area contributed by atoms with E-state index in [0.717, 1.165) is 12.8 Å². The van der Waals surface area contributed by atoms with Crippen molar-refractivity contribution in [1.29, 1.82) is 0 Å². The van der Waals surface area contributed by atoms with Crippen molar-refractivity contribution < 1.29 is 9.53 Å². The zero-order chi connectivity index (χ0) is 16.1. The molecule has 3 rings (SSSR count). The van der Waals surface area contributed by atoms with E-state index in [1.807, 2.05) is 36.4 Å². The number of carbonyl (C=O) groups excluding carboxylic acids is 1. The van der Waals surface area contributed by atoms with Gasteiger partial charge in [0.15, 0.2) is 0 Å². The molecule has 4 heteroatoms. The second-order valence-electron chi connectivity index (χ2n) is 6.07. The molecule has 1 heterocycles. The molecule has 2 aromatic rings. The SMILES string of the molecule is NC(Cc1ccccc1)CC1OC(=O)NC1Cc1ccccc1. The molecule has 2 aromatic carbocycles. The molecule has 3 N–H and O–H groups in total. The van der Waals surface area contributed by atoms with Crippen LogP contribution >= 0.6 is 0 Å². The lowest BCUT2D eigenvalue weighted by atomic mass is 9.95. The fourth-order valence-corrected chi connectivity index (χ4v) is 3.06. The maximum atomic E-state index is 11.6. The molecule has 3 unspecified atom stereocenters. The van der Waals surface area contributed by atoms with Crippen LogP contribution in [0.25, 0.3) is 0 Å². The van der Waals surface area contributed by atoms with Crippen LogP contribution in [0.2, 0.25) is 0 Å². The van der Waals surface area contributed by atoms with E-state index in [4.69, 9.17) is 10.5 Å². The number of carbonyl (C=O) groups is 1. The Hall–Kier alpha value is -2.33. The predicted molar refractivity (Wildman–Crippen MR) is 90.1 cm³/mol. The van der Waals surface area contributed by atoms with E-state index < -0.39 is 0 Å². The fourth-order valence-electron chi connectivity index (χ4n) is 3.06. The highest BCUT2D eigenvalue weighted by Crippen LogP contribution is 2.19. The van der Waals surface area contributed by atoms with Gasteiger partial charge < -0.3 is 15.8 Å². The first-order chi connectivity index (χ1) is 11.2. The summed E-state index contributed by atoms with van der Waals surface area (Å²) in [6.07, 6.45) is 1.68. The number of hydrogen-bond donors (Lipinski definition) is 2. The third kappa shape index (κ3) is 4.33. The van der Waals surface area contributed by atoms with Gasteiger partial charge in [-0.05, 0) is 24.0 Å². The number of amides is 1. The van der Waals surface area contributed by atoms with Gasteiger partial charge in [0.1, 0.15) is 6.10 Å². The van der Waals surface area contributed by atoms with E-state index in [9.17, 15) is 4.79 Å². The lowest BCUT2D eigenvalue weighted by Crippen LogP contribution is -2.38. The van der Waals surface area contributed by atoms with Gasteiger partial charge in [0.2, 0.25) is 0 Å². The number of cyclic esters (lactones) is 1. The Morgan fingerprint density at radius 2 is 1.61 bits per heavy atom. The van der Waals surface area contributed by atoms with Crippen molar-refractivity contribution in [2.45, 2.75) is 37.5 Å². The van der Waals surface area contributed by atoms with Crippen molar-refractivity contribution in [3.05, 3.63) is 71.8 Å². The van der Waals surface area contributed by atoms with Gasteiger partial charge in [0.05, 0.1) is 6.04 Å². The summed E-state index contributed by atoms with van der Waals surface area (Å²) < 4.78 is 5.42. The van der Waals surface area contributed by atoms with Crippen LogP contribution in [-0.2, 0) is 17.6 Å². The van der Waals surface area contributed by atoms with Gasteiger partial charge in [-0.2, -0.15) is 0 Å². The van der Waals surface area contributed by atoms with E-state index in [-0.39, 0.29) is 24.3 Å². The molecular formula is C19H22N2O2. The highest BCUT2D eigenvalue weighted by Gasteiger charge is 2.34. The number of benzene rings is 2. The van der Waals surface area contributed by atoms with Crippen molar-refractivity contribution in [2.24, 2.45) is 5.73 Å². The molecule has 0 spiro atoms. The zero-order valence-corrected chi connectivity index (χ0v) is 13.0. The van der Waals surface area contributed by atoms with Gasteiger partial charge in [-0.25, -0.2) is 4.79 Å². The molecule has 23 heavy (non-hydrogen) atoms. The normalized spacial score (nSPS) is 21.5. The Bertz CT molecular complexity index is 630. The molecule has 4 nitrogen and oxygen atoms in total. The van der Waals surface area contributed by atoms with E-state index >= 15 is 0 Å². The van der Waals surface area contributed by atoms with Crippen LogP contribution in [0.3, 0.4) is 0 Å². The Morgan fingerprint density at radius 1 is 1.00 bits per heavy atom. The molecular weight excluding hydrogens is 288 g/mol. The van der Waals surface area contributed by atoms with E-state index in [1.165, 1.54) is 11.1 Å². The number of alkyl carbamates (subject to hydrolysis) is 1. The first-order valence-corrected chi connectivity index (χ1v) is 8.01. The summed E-state index contributed by atoms with van der Waals surface area (Å²) in [5, 5.41) is 2.90. The maximum Gasteiger partial charge on any atom is 0.407 e. The van der Waals surface area contributed by atoms with Crippen molar-refractivity contribution >= 4 is 6.09 Å². The molecule has 0 aromatic heterocycles. The third-order valence-electron chi connectivity index (χ3n) is 4.18. The van der Waals surface area contributed by atoms with Gasteiger partial charge in [-0.15, -0.1) is 0 Å². The highest BCUT2D eigenvalue weighted by molar-refractivity contribution is 5.70. The van der Waals surface area contributed by atoms with E-state index in [2.05, 4.69) is 29.6 Å². The molecule has 0 saturated carbocycles. The fraction of sp³-hybridized carbons (Fsp3) is 0.316. The lowest BCUT2D eigenvalue weighted by molar-refractivity contribution is 0.121. The van der Waals surface area contributed by atoms with Crippen molar-refractivity contribution in [3.8, 4) is 0 Å². The first kappa shape index (κ1) is 15.6. The Balaban J connectivity index is 1.59. The third-order valence-corrected chi connectivity index (χ3v) is 4.18. The monoisotopic (exact) mass is 310 g/mol. The standard InChI is InChI=1S/C19H22N2O2/c20-16(11-14-7-3-1-4-8-14)13-18-17(21-19(22)23-18)12-15-9-5-2-6-10-15/h1-10,16-18H,11-13,20H2,(H,21,22). The number of ether oxygens (including phenoxy) is 1. The van der Waals surface area contributed by atoms with Crippen LogP contribution in [0.15, 0.2) is 60.7 Å². The number of rotatable bonds is 6. The van der Waals surface area contributed by atoms with Crippen molar-refractivity contribution in [2.75, 3.05) is 0 Å². The minimum atomic E-state index is -0.345. The number of nitrogens with one attached hydrogen (secondary N) is 1. The quantitative estimate of drug-likeness (QED) is 0.862. The molecule has 1 aliphatic rings. The molecule has 1 fully saturated rings. The van der Waals surface area contributed by atoms with Crippen LogP contribution in [0.1, 0.15) is 17.5 Å². The minimum absolute atomic E-state index is 0.0216. The summed E-state index contributed by atoms with van der Waals surface area (Å²) in [5.41, 5.74) is 8.66. The van der Waals surface area contributed by atoms with Gasteiger partial charge in [-0.3, -0.25) is 0 Å². The molecule has 3 atom stereocenters. The second-order valence-corrected chi connectivity index (χ2v) is 6.07. The number of nitrogens with two attached hydrogens (primary N) is 1. The Labute approximate surface area is 136 Å². The van der Waals surface area contributed by atoms with Crippen LogP contribution in [-0.4, -0.2) is 24.3 Å². The van der Waals surface area contributed by atoms with Gasteiger partial charge in [-0.1, -0.05) is 60.7 Å². The molecule has 120 valence electrons. The summed E-state index contributed by atoms with van der Waals surface area (Å²) >= 11 is 0. The summed E-state index contributed by atoms with van der Waals surface area (Å²) in [4.78, 5) is 11.6. The Morgan fingerprint density at radius 3 is 2.26 bits per heavy atom. The topological polar surface area (TPSA) is 64.3 Å². The van der Waals surface area contributed by atoms with E-state index in [0.29, 0.717) is 6.42 Å². The van der Waals surface area contributed by atoms with Crippen LogP contribution in [0, 0.1) is 0 Å². The summed E-state index contributed by atoms with van der Waals surface area (Å²) in [5.74, 6) is 0. The molecule has 1 aliphatic heterocycles. The molecule has 1 saturated heterocycles.